The van der Waals surface area contributed by atoms with E-state index in [1.165, 1.54) is 0 Å². The van der Waals surface area contributed by atoms with E-state index in [2.05, 4.69) is 0 Å². The van der Waals surface area contributed by atoms with Crippen LogP contribution in [0.5, 0.6) is 0 Å². The Hall–Kier alpha value is 2.60. The second-order valence-corrected chi connectivity index (χ2v) is 2.69. The molecule has 0 aliphatic carbocycles. The molecule has 13 heavy (non-hydrogen) atoms. The Labute approximate surface area is 162 Å². The van der Waals surface area contributed by atoms with Crippen LogP contribution in [-0.2, 0) is 4.57 Å². The number of benzene rings is 1. The summed E-state index contributed by atoms with van der Waals surface area (Å²) >= 11 is 0. The topological polar surface area (TPSA) is 77.8 Å². The molecule has 0 heterocycles. The monoisotopic (exact) mass is 254 g/mol. The minimum atomic E-state index is -4.64. The molecule has 0 bridgehead atoms. The quantitative estimate of drug-likeness (QED) is 0.450. The van der Waals surface area contributed by atoms with Crippen LogP contribution in [0.2, 0.25) is 0 Å². The van der Waals surface area contributed by atoms with E-state index in [4.69, 9.17) is 19.2 Å². The van der Waals surface area contributed by atoms with Crippen LogP contribution in [0.25, 0.3) is 0 Å². The summed E-state index contributed by atoms with van der Waals surface area (Å²) in [5.74, 6) is 0. The van der Waals surface area contributed by atoms with Gasteiger partial charge < -0.3 is 14.7 Å². The van der Waals surface area contributed by atoms with Crippen LogP contribution in [-0.4, -0.2) is 117 Å². The molecule has 0 aliphatic rings. The van der Waals surface area contributed by atoms with Gasteiger partial charge in [0.25, 0.3) is 0 Å². The summed E-state index contributed by atoms with van der Waals surface area (Å²) < 4.78 is 8.88. The first kappa shape index (κ1) is 20.9. The number of hydrogen-bond acceptors (Lipinski definition) is 1. The SMILES string of the molecule is O=P(O)(O)O.[K].[K].c1ccccc1. The Kier molecular flexibility index (Phi) is 20.4. The second kappa shape index (κ2) is 12.7. The van der Waals surface area contributed by atoms with Crippen molar-refractivity contribution in [1.82, 2.24) is 0 Å². The smallest absolute Gasteiger partial charge is 0.303 e. The van der Waals surface area contributed by atoms with Crippen molar-refractivity contribution in [1.29, 1.82) is 0 Å². The molecular weight excluding hydrogens is 245 g/mol. The van der Waals surface area contributed by atoms with Crippen LogP contribution < -0.4 is 0 Å². The summed E-state index contributed by atoms with van der Waals surface area (Å²) in [7, 11) is -4.64. The Morgan fingerprint density at radius 3 is 0.846 bits per heavy atom. The summed E-state index contributed by atoms with van der Waals surface area (Å²) in [5.41, 5.74) is 0. The minimum absolute atomic E-state index is 0. The first-order chi connectivity index (χ1) is 5.00. The van der Waals surface area contributed by atoms with E-state index < -0.39 is 7.82 Å². The molecular formula is C6H9K2O4P. The first-order valence-electron chi connectivity index (χ1n) is 2.78. The molecule has 1 rings (SSSR count). The predicted octanol–water partition coefficient (Wildman–Crippen LogP) is -0.00360. The van der Waals surface area contributed by atoms with Gasteiger partial charge >= 0.3 is 7.82 Å². The Morgan fingerprint density at radius 2 is 0.769 bits per heavy atom. The molecule has 0 amide bonds. The zero-order valence-electron chi connectivity index (χ0n) is 7.66. The van der Waals surface area contributed by atoms with Crippen molar-refractivity contribution in [2.75, 3.05) is 0 Å². The van der Waals surface area contributed by atoms with E-state index in [1.54, 1.807) is 0 Å². The van der Waals surface area contributed by atoms with E-state index in [-0.39, 0.29) is 103 Å². The molecule has 1 aromatic carbocycles. The fraction of sp³-hybridized carbons (Fsp3) is 0. The molecule has 0 spiro atoms. The second-order valence-electron chi connectivity index (χ2n) is 1.67. The fourth-order valence-electron chi connectivity index (χ4n) is 0.385. The molecule has 4 nitrogen and oxygen atoms in total. The minimum Gasteiger partial charge on any atom is -0.303 e. The molecule has 7 heteroatoms. The maximum atomic E-state index is 8.88. The molecule has 0 saturated carbocycles. The van der Waals surface area contributed by atoms with Gasteiger partial charge in [0.1, 0.15) is 0 Å². The van der Waals surface area contributed by atoms with Gasteiger partial charge in [-0.15, -0.1) is 0 Å². The zero-order valence-corrected chi connectivity index (χ0v) is 14.8. The molecule has 0 fully saturated rings. The third-order valence-electron chi connectivity index (χ3n) is 0.667. The van der Waals surface area contributed by atoms with E-state index in [0.717, 1.165) is 0 Å². The molecule has 2 radical (unpaired) electrons. The van der Waals surface area contributed by atoms with Gasteiger partial charge in [-0.05, 0) is 0 Å². The van der Waals surface area contributed by atoms with E-state index in [1.807, 2.05) is 36.4 Å². The third kappa shape index (κ3) is 31.3. The molecule has 0 aliphatic heterocycles. The van der Waals surface area contributed by atoms with Gasteiger partial charge in [-0.25, -0.2) is 4.57 Å². The van der Waals surface area contributed by atoms with Crippen molar-refractivity contribution in [3.63, 3.8) is 0 Å². The molecule has 0 aromatic heterocycles. The largest absolute Gasteiger partial charge is 0.466 e. The van der Waals surface area contributed by atoms with E-state index >= 15 is 0 Å². The average Bonchev–Trinajstić information content (AvgIpc) is 1.88. The van der Waals surface area contributed by atoms with Gasteiger partial charge in [0, 0.05) is 103 Å². The van der Waals surface area contributed by atoms with Gasteiger partial charge in [-0.1, -0.05) is 36.4 Å². The Balaban J connectivity index is -0.000000136. The van der Waals surface area contributed by atoms with Crippen LogP contribution in [0.15, 0.2) is 36.4 Å². The number of rotatable bonds is 0. The van der Waals surface area contributed by atoms with Crippen LogP contribution in [0.3, 0.4) is 0 Å². The summed E-state index contributed by atoms with van der Waals surface area (Å²) in [4.78, 5) is 21.6. The summed E-state index contributed by atoms with van der Waals surface area (Å²) in [6.07, 6.45) is 0. The number of phosphoric acid groups is 1. The standard InChI is InChI=1S/C6H6.2K.H3O4P/c1-2-4-6-5-3-1;;;1-5(2,3)4/h1-6H;;;(H3,1,2,3,4). The van der Waals surface area contributed by atoms with Gasteiger partial charge in [0.05, 0.1) is 0 Å². The first-order valence-corrected chi connectivity index (χ1v) is 4.35. The molecule has 0 unspecified atom stereocenters. The van der Waals surface area contributed by atoms with Crippen LogP contribution in [0.1, 0.15) is 0 Å². The maximum Gasteiger partial charge on any atom is 0.466 e. The van der Waals surface area contributed by atoms with Crippen LogP contribution in [0.4, 0.5) is 0 Å². The number of hydrogen-bond donors (Lipinski definition) is 3. The van der Waals surface area contributed by atoms with Gasteiger partial charge in [-0.2, -0.15) is 0 Å². The predicted molar refractivity (Wildman–Crippen MR) is 52.2 cm³/mol. The summed E-state index contributed by atoms with van der Waals surface area (Å²) in [6, 6.07) is 12.0. The van der Waals surface area contributed by atoms with Crippen molar-refractivity contribution in [3.05, 3.63) is 36.4 Å². The van der Waals surface area contributed by atoms with Crippen molar-refractivity contribution in [3.8, 4) is 0 Å². The molecule has 3 N–H and O–H groups in total. The van der Waals surface area contributed by atoms with Crippen molar-refractivity contribution < 1.29 is 19.2 Å². The summed E-state index contributed by atoms with van der Waals surface area (Å²) in [6.45, 7) is 0. The molecule has 0 saturated heterocycles. The van der Waals surface area contributed by atoms with E-state index in [9.17, 15) is 0 Å². The van der Waals surface area contributed by atoms with Gasteiger partial charge in [0.2, 0.25) is 0 Å². The molecule has 0 atom stereocenters. The summed E-state index contributed by atoms with van der Waals surface area (Å²) in [5, 5.41) is 0. The van der Waals surface area contributed by atoms with Crippen molar-refractivity contribution >= 4 is 111 Å². The van der Waals surface area contributed by atoms with Crippen LogP contribution >= 0.6 is 7.82 Å². The van der Waals surface area contributed by atoms with Crippen molar-refractivity contribution in [2.24, 2.45) is 0 Å². The zero-order chi connectivity index (χ0) is 8.74. The average molecular weight is 254 g/mol. The van der Waals surface area contributed by atoms with Crippen molar-refractivity contribution in [2.45, 2.75) is 0 Å². The van der Waals surface area contributed by atoms with Gasteiger partial charge in [-0.3, -0.25) is 0 Å². The Morgan fingerprint density at radius 1 is 0.692 bits per heavy atom. The molecule has 64 valence electrons. The Bertz CT molecular complexity index is 190. The maximum absolute atomic E-state index is 8.88. The van der Waals surface area contributed by atoms with Gasteiger partial charge in [0.15, 0.2) is 0 Å². The molecule has 1 aromatic rings. The fourth-order valence-corrected chi connectivity index (χ4v) is 0.385. The third-order valence-corrected chi connectivity index (χ3v) is 0.667. The normalized spacial score (nSPS) is 8.23. The van der Waals surface area contributed by atoms with Crippen LogP contribution in [0, 0.1) is 0 Å². The van der Waals surface area contributed by atoms with E-state index in [0.29, 0.717) is 0 Å².